The smallest absolute Gasteiger partial charge is 0.327 e. The van der Waals surface area contributed by atoms with Gasteiger partial charge in [0, 0.05) is 0 Å². The van der Waals surface area contributed by atoms with E-state index in [1.54, 1.807) is 0 Å². The second-order valence-corrected chi connectivity index (χ2v) is 3.55. The number of hydrogen-bond acceptors (Lipinski definition) is 3. The third-order valence-electron chi connectivity index (χ3n) is 2.23. The molecule has 2 N–H and O–H groups in total. The van der Waals surface area contributed by atoms with Crippen molar-refractivity contribution in [3.8, 4) is 0 Å². The minimum Gasteiger partial charge on any atom is -0.464 e. The van der Waals surface area contributed by atoms with E-state index in [-0.39, 0.29) is 5.82 Å². The van der Waals surface area contributed by atoms with Gasteiger partial charge in [0.1, 0.15) is 11.9 Å². The van der Waals surface area contributed by atoms with E-state index in [9.17, 15) is 9.18 Å². The number of esters is 1. The summed E-state index contributed by atoms with van der Waals surface area (Å²) in [5, 5.41) is 0. The van der Waals surface area contributed by atoms with E-state index in [4.69, 9.17) is 10.5 Å². The number of unbranched alkanes of at least 4 members (excludes halogenated alkanes) is 1. The van der Waals surface area contributed by atoms with Crippen molar-refractivity contribution in [2.75, 3.05) is 6.61 Å². The molecule has 1 rings (SSSR count). The maximum Gasteiger partial charge on any atom is 0.327 e. The summed E-state index contributed by atoms with van der Waals surface area (Å²) < 4.78 is 17.6. The van der Waals surface area contributed by atoms with Crippen LogP contribution in [0.1, 0.15) is 31.4 Å². The molecular formula is C12H16FNO2. The van der Waals surface area contributed by atoms with Crippen LogP contribution in [-0.2, 0) is 9.53 Å². The van der Waals surface area contributed by atoms with Gasteiger partial charge in [0.2, 0.25) is 0 Å². The molecule has 4 heteroatoms. The molecule has 0 aliphatic rings. The van der Waals surface area contributed by atoms with Crippen LogP contribution in [0.25, 0.3) is 0 Å². The molecule has 1 aromatic carbocycles. The maximum absolute atomic E-state index is 12.6. The van der Waals surface area contributed by atoms with E-state index in [2.05, 4.69) is 0 Å². The molecule has 0 fully saturated rings. The fourth-order valence-corrected chi connectivity index (χ4v) is 1.21. The molecule has 0 amide bonds. The lowest BCUT2D eigenvalue weighted by molar-refractivity contribution is -0.145. The Hall–Kier alpha value is -1.42. The van der Waals surface area contributed by atoms with Crippen LogP contribution >= 0.6 is 0 Å². The Labute approximate surface area is 94.4 Å². The highest BCUT2D eigenvalue weighted by Crippen LogP contribution is 2.12. The SMILES string of the molecule is CCCCOC(=O)C(N)c1ccc(F)cc1. The molecule has 0 saturated heterocycles. The predicted octanol–water partition coefficient (Wildman–Crippen LogP) is 2.17. The first-order valence-corrected chi connectivity index (χ1v) is 5.33. The van der Waals surface area contributed by atoms with Crippen LogP contribution in [0.5, 0.6) is 0 Å². The van der Waals surface area contributed by atoms with Gasteiger partial charge in [-0.15, -0.1) is 0 Å². The predicted molar refractivity (Wildman–Crippen MR) is 59.2 cm³/mol. The zero-order valence-electron chi connectivity index (χ0n) is 9.28. The van der Waals surface area contributed by atoms with Crippen LogP contribution in [0.15, 0.2) is 24.3 Å². The summed E-state index contributed by atoms with van der Waals surface area (Å²) in [5.41, 5.74) is 6.23. The standard InChI is InChI=1S/C12H16FNO2/c1-2-3-8-16-12(15)11(14)9-4-6-10(13)7-5-9/h4-7,11H,2-3,8,14H2,1H3. The van der Waals surface area contributed by atoms with Crippen molar-refractivity contribution in [2.45, 2.75) is 25.8 Å². The second-order valence-electron chi connectivity index (χ2n) is 3.55. The van der Waals surface area contributed by atoms with Crippen LogP contribution in [0.3, 0.4) is 0 Å². The van der Waals surface area contributed by atoms with E-state index < -0.39 is 12.0 Å². The van der Waals surface area contributed by atoms with E-state index >= 15 is 0 Å². The summed E-state index contributed by atoms with van der Waals surface area (Å²) in [6.45, 7) is 2.39. The third kappa shape index (κ3) is 3.62. The molecule has 0 radical (unpaired) electrons. The Balaban J connectivity index is 2.53. The maximum atomic E-state index is 12.6. The van der Waals surface area contributed by atoms with Crippen molar-refractivity contribution < 1.29 is 13.9 Å². The first-order chi connectivity index (χ1) is 7.65. The molecule has 0 aromatic heterocycles. The van der Waals surface area contributed by atoms with Gasteiger partial charge in [-0.05, 0) is 24.1 Å². The number of halogens is 1. The fraction of sp³-hybridized carbons (Fsp3) is 0.417. The van der Waals surface area contributed by atoms with E-state index in [0.29, 0.717) is 12.2 Å². The molecule has 0 saturated carbocycles. The number of rotatable bonds is 5. The van der Waals surface area contributed by atoms with Gasteiger partial charge in [-0.3, -0.25) is 0 Å². The van der Waals surface area contributed by atoms with Gasteiger partial charge in [-0.1, -0.05) is 25.5 Å². The van der Waals surface area contributed by atoms with E-state index in [0.717, 1.165) is 12.8 Å². The number of carbonyl (C=O) groups is 1. The molecule has 16 heavy (non-hydrogen) atoms. The van der Waals surface area contributed by atoms with Gasteiger partial charge < -0.3 is 10.5 Å². The van der Waals surface area contributed by atoms with Gasteiger partial charge in [0.15, 0.2) is 0 Å². The number of ether oxygens (including phenoxy) is 1. The van der Waals surface area contributed by atoms with Gasteiger partial charge in [-0.25, -0.2) is 9.18 Å². The molecule has 0 aliphatic heterocycles. The average molecular weight is 225 g/mol. The minimum absolute atomic E-state index is 0.352. The highest BCUT2D eigenvalue weighted by molar-refractivity contribution is 5.77. The quantitative estimate of drug-likeness (QED) is 0.617. The molecule has 1 aromatic rings. The van der Waals surface area contributed by atoms with Crippen molar-refractivity contribution in [1.82, 2.24) is 0 Å². The Morgan fingerprint density at radius 1 is 1.44 bits per heavy atom. The largest absolute Gasteiger partial charge is 0.464 e. The highest BCUT2D eigenvalue weighted by atomic mass is 19.1. The normalized spacial score (nSPS) is 12.2. The molecular weight excluding hydrogens is 209 g/mol. The summed E-state index contributed by atoms with van der Waals surface area (Å²) >= 11 is 0. The van der Waals surface area contributed by atoms with Crippen LogP contribution < -0.4 is 5.73 Å². The van der Waals surface area contributed by atoms with Crippen LogP contribution in [0, 0.1) is 5.82 Å². The minimum atomic E-state index is -0.836. The number of hydrogen-bond donors (Lipinski definition) is 1. The number of carbonyl (C=O) groups excluding carboxylic acids is 1. The van der Waals surface area contributed by atoms with Crippen molar-refractivity contribution in [3.63, 3.8) is 0 Å². The molecule has 0 aliphatic carbocycles. The molecule has 0 bridgehead atoms. The molecule has 1 atom stereocenters. The summed E-state index contributed by atoms with van der Waals surface area (Å²) in [4.78, 5) is 11.5. The Morgan fingerprint density at radius 3 is 2.62 bits per heavy atom. The van der Waals surface area contributed by atoms with Gasteiger partial charge >= 0.3 is 5.97 Å². The van der Waals surface area contributed by atoms with E-state index in [1.165, 1.54) is 24.3 Å². The fourth-order valence-electron chi connectivity index (χ4n) is 1.21. The summed E-state index contributed by atoms with van der Waals surface area (Å²) in [6.07, 6.45) is 1.78. The lowest BCUT2D eigenvalue weighted by Crippen LogP contribution is -2.24. The first-order valence-electron chi connectivity index (χ1n) is 5.33. The molecule has 3 nitrogen and oxygen atoms in total. The lowest BCUT2D eigenvalue weighted by atomic mass is 10.1. The monoisotopic (exact) mass is 225 g/mol. The Kier molecular flexibility index (Phi) is 4.92. The van der Waals surface area contributed by atoms with Crippen molar-refractivity contribution in [2.24, 2.45) is 5.73 Å². The summed E-state index contributed by atoms with van der Waals surface area (Å²) in [6, 6.07) is 4.68. The van der Waals surface area contributed by atoms with E-state index in [1.807, 2.05) is 6.92 Å². The Bertz CT molecular complexity index is 337. The van der Waals surface area contributed by atoms with Crippen molar-refractivity contribution in [1.29, 1.82) is 0 Å². The third-order valence-corrected chi connectivity index (χ3v) is 2.23. The van der Waals surface area contributed by atoms with Gasteiger partial charge in [0.25, 0.3) is 0 Å². The van der Waals surface area contributed by atoms with Crippen LogP contribution in [0.2, 0.25) is 0 Å². The first kappa shape index (κ1) is 12.6. The van der Waals surface area contributed by atoms with Crippen LogP contribution in [0.4, 0.5) is 4.39 Å². The topological polar surface area (TPSA) is 52.3 Å². The average Bonchev–Trinajstić information content (AvgIpc) is 2.29. The Morgan fingerprint density at radius 2 is 2.06 bits per heavy atom. The lowest BCUT2D eigenvalue weighted by Gasteiger charge is -2.11. The van der Waals surface area contributed by atoms with Crippen LogP contribution in [-0.4, -0.2) is 12.6 Å². The zero-order chi connectivity index (χ0) is 12.0. The summed E-state index contributed by atoms with van der Waals surface area (Å²) in [5.74, 6) is -0.824. The molecule has 0 spiro atoms. The number of nitrogens with two attached hydrogens (primary N) is 1. The van der Waals surface area contributed by atoms with Gasteiger partial charge in [-0.2, -0.15) is 0 Å². The zero-order valence-corrected chi connectivity index (χ0v) is 9.28. The molecule has 0 heterocycles. The highest BCUT2D eigenvalue weighted by Gasteiger charge is 2.16. The second kappa shape index (κ2) is 6.23. The molecule has 1 unspecified atom stereocenters. The van der Waals surface area contributed by atoms with Crippen molar-refractivity contribution in [3.05, 3.63) is 35.6 Å². The summed E-state index contributed by atoms with van der Waals surface area (Å²) in [7, 11) is 0. The number of benzene rings is 1. The molecule has 88 valence electrons. The van der Waals surface area contributed by atoms with Gasteiger partial charge in [0.05, 0.1) is 6.61 Å². The van der Waals surface area contributed by atoms with Crippen molar-refractivity contribution >= 4 is 5.97 Å².